The first-order valence-electron chi connectivity index (χ1n) is 5.08. The largest absolute Gasteiger partial charge is 0.395 e. The van der Waals surface area contributed by atoms with Gasteiger partial charge in [0.1, 0.15) is 0 Å². The van der Waals surface area contributed by atoms with Crippen molar-refractivity contribution in [1.82, 2.24) is 0 Å². The van der Waals surface area contributed by atoms with Crippen molar-refractivity contribution in [2.24, 2.45) is 11.3 Å². The molecule has 0 aromatic heterocycles. The van der Waals surface area contributed by atoms with E-state index in [4.69, 9.17) is 0 Å². The SMILES string of the molecule is C=C(C)[C@H]1CC=C(C)C(=O)C1(CO)CO. The van der Waals surface area contributed by atoms with Gasteiger partial charge in [-0.1, -0.05) is 18.2 Å². The van der Waals surface area contributed by atoms with Crippen molar-refractivity contribution >= 4 is 5.78 Å². The van der Waals surface area contributed by atoms with Crippen LogP contribution < -0.4 is 0 Å². The molecular formula is C12H18O3. The Morgan fingerprint density at radius 1 is 1.60 bits per heavy atom. The molecule has 3 nitrogen and oxygen atoms in total. The second-order valence-electron chi connectivity index (χ2n) is 4.32. The van der Waals surface area contributed by atoms with Gasteiger partial charge in [-0.15, -0.1) is 0 Å². The van der Waals surface area contributed by atoms with Crippen LogP contribution in [0.15, 0.2) is 23.8 Å². The fraction of sp³-hybridized carbons (Fsp3) is 0.583. The molecule has 0 aliphatic heterocycles. The summed E-state index contributed by atoms with van der Waals surface area (Å²) >= 11 is 0. The van der Waals surface area contributed by atoms with Crippen molar-refractivity contribution in [3.05, 3.63) is 23.8 Å². The highest BCUT2D eigenvalue weighted by atomic mass is 16.3. The van der Waals surface area contributed by atoms with Gasteiger partial charge in [0.05, 0.1) is 18.6 Å². The maximum Gasteiger partial charge on any atom is 0.169 e. The molecule has 1 atom stereocenters. The van der Waals surface area contributed by atoms with Gasteiger partial charge >= 0.3 is 0 Å². The number of aliphatic hydroxyl groups is 2. The molecule has 0 amide bonds. The van der Waals surface area contributed by atoms with Crippen molar-refractivity contribution < 1.29 is 15.0 Å². The standard InChI is InChI=1S/C12H18O3/c1-8(2)10-5-4-9(3)11(15)12(10,6-13)7-14/h4,10,13-14H,1,5-7H2,2-3H3/t10-/m1/s1. The van der Waals surface area contributed by atoms with Crippen molar-refractivity contribution in [3.63, 3.8) is 0 Å². The molecule has 1 rings (SSSR count). The molecular weight excluding hydrogens is 192 g/mol. The minimum Gasteiger partial charge on any atom is -0.395 e. The van der Waals surface area contributed by atoms with Crippen molar-refractivity contribution in [2.45, 2.75) is 20.3 Å². The van der Waals surface area contributed by atoms with Crippen LogP contribution in [0.4, 0.5) is 0 Å². The third-order valence-electron chi connectivity index (χ3n) is 3.30. The monoisotopic (exact) mass is 210 g/mol. The quantitative estimate of drug-likeness (QED) is 0.685. The maximum absolute atomic E-state index is 12.0. The predicted molar refractivity (Wildman–Crippen MR) is 58.3 cm³/mol. The van der Waals surface area contributed by atoms with E-state index in [2.05, 4.69) is 6.58 Å². The molecule has 15 heavy (non-hydrogen) atoms. The summed E-state index contributed by atoms with van der Waals surface area (Å²) in [5.41, 5.74) is 0.385. The fourth-order valence-electron chi connectivity index (χ4n) is 2.25. The number of Topliss-reactive ketones (excluding diaryl/α,β-unsaturated/α-hetero) is 1. The van der Waals surface area contributed by atoms with Crippen LogP contribution >= 0.6 is 0 Å². The lowest BCUT2D eigenvalue weighted by atomic mass is 9.64. The normalized spacial score (nSPS) is 24.9. The third-order valence-corrected chi connectivity index (χ3v) is 3.30. The number of carbonyl (C=O) groups excluding carboxylic acids is 1. The van der Waals surface area contributed by atoms with Gasteiger partial charge in [0.15, 0.2) is 5.78 Å². The van der Waals surface area contributed by atoms with Crippen LogP contribution in [0.25, 0.3) is 0 Å². The lowest BCUT2D eigenvalue weighted by Crippen LogP contribution is -2.48. The van der Waals surface area contributed by atoms with E-state index in [9.17, 15) is 15.0 Å². The molecule has 0 fully saturated rings. The van der Waals surface area contributed by atoms with Gasteiger partial charge < -0.3 is 10.2 Å². The molecule has 2 N–H and O–H groups in total. The molecule has 0 aromatic rings. The first kappa shape index (κ1) is 12.1. The molecule has 1 aliphatic rings. The fourth-order valence-corrected chi connectivity index (χ4v) is 2.25. The molecule has 1 aliphatic carbocycles. The molecule has 0 bridgehead atoms. The van der Waals surface area contributed by atoms with Crippen molar-refractivity contribution in [3.8, 4) is 0 Å². The van der Waals surface area contributed by atoms with E-state index in [0.717, 1.165) is 5.57 Å². The molecule has 0 saturated heterocycles. The number of aliphatic hydroxyl groups excluding tert-OH is 2. The Morgan fingerprint density at radius 2 is 2.13 bits per heavy atom. The first-order valence-corrected chi connectivity index (χ1v) is 5.08. The Balaban J connectivity index is 3.20. The Hall–Kier alpha value is -0.930. The van der Waals surface area contributed by atoms with Gasteiger partial charge in [-0.05, 0) is 25.8 Å². The molecule has 0 heterocycles. The first-order chi connectivity index (χ1) is 6.99. The predicted octanol–water partition coefficient (Wildman–Crippen LogP) is 1.07. The Kier molecular flexibility index (Phi) is 3.47. The molecule has 0 unspecified atom stereocenters. The number of hydrogen-bond acceptors (Lipinski definition) is 3. The molecule has 3 heteroatoms. The Morgan fingerprint density at radius 3 is 2.53 bits per heavy atom. The second-order valence-corrected chi connectivity index (χ2v) is 4.32. The average molecular weight is 210 g/mol. The molecule has 0 radical (unpaired) electrons. The van der Waals surface area contributed by atoms with E-state index in [0.29, 0.717) is 12.0 Å². The van der Waals surface area contributed by atoms with Gasteiger partial charge in [-0.2, -0.15) is 0 Å². The number of ketones is 1. The van der Waals surface area contributed by atoms with E-state index in [1.807, 2.05) is 13.0 Å². The highest BCUT2D eigenvalue weighted by molar-refractivity contribution is 6.01. The highest BCUT2D eigenvalue weighted by Gasteiger charge is 2.47. The van der Waals surface area contributed by atoms with Crippen LogP contribution in [0.1, 0.15) is 20.3 Å². The van der Waals surface area contributed by atoms with E-state index in [1.54, 1.807) is 6.92 Å². The highest BCUT2D eigenvalue weighted by Crippen LogP contribution is 2.41. The Labute approximate surface area is 90.1 Å². The summed E-state index contributed by atoms with van der Waals surface area (Å²) in [6.07, 6.45) is 2.51. The van der Waals surface area contributed by atoms with Crippen LogP contribution in [0.3, 0.4) is 0 Å². The summed E-state index contributed by atoms with van der Waals surface area (Å²) < 4.78 is 0. The number of hydrogen-bond donors (Lipinski definition) is 2. The lowest BCUT2D eigenvalue weighted by Gasteiger charge is -2.39. The third kappa shape index (κ3) is 1.77. The summed E-state index contributed by atoms with van der Waals surface area (Å²) in [6.45, 7) is 6.71. The van der Waals surface area contributed by atoms with Crippen LogP contribution in [-0.4, -0.2) is 29.2 Å². The second kappa shape index (κ2) is 4.29. The van der Waals surface area contributed by atoms with Crippen LogP contribution in [0, 0.1) is 11.3 Å². The van der Waals surface area contributed by atoms with E-state index in [-0.39, 0.29) is 24.9 Å². The summed E-state index contributed by atoms with van der Waals surface area (Å²) in [4.78, 5) is 12.0. The van der Waals surface area contributed by atoms with Crippen molar-refractivity contribution in [2.75, 3.05) is 13.2 Å². The van der Waals surface area contributed by atoms with Crippen LogP contribution in [0.5, 0.6) is 0 Å². The van der Waals surface area contributed by atoms with E-state index in [1.165, 1.54) is 0 Å². The number of carbonyl (C=O) groups is 1. The van der Waals surface area contributed by atoms with E-state index >= 15 is 0 Å². The molecule has 84 valence electrons. The molecule has 0 spiro atoms. The van der Waals surface area contributed by atoms with Gasteiger partial charge in [-0.3, -0.25) is 4.79 Å². The van der Waals surface area contributed by atoms with Crippen LogP contribution in [0.2, 0.25) is 0 Å². The topological polar surface area (TPSA) is 57.5 Å². The minimum atomic E-state index is -1.06. The average Bonchev–Trinajstić information content (AvgIpc) is 2.22. The summed E-state index contributed by atoms with van der Waals surface area (Å²) in [5.74, 6) is -0.324. The Bertz CT molecular complexity index is 311. The van der Waals surface area contributed by atoms with Gasteiger partial charge in [0.25, 0.3) is 0 Å². The molecule has 0 saturated carbocycles. The van der Waals surface area contributed by atoms with E-state index < -0.39 is 5.41 Å². The van der Waals surface area contributed by atoms with Gasteiger partial charge in [0.2, 0.25) is 0 Å². The van der Waals surface area contributed by atoms with Crippen molar-refractivity contribution in [1.29, 1.82) is 0 Å². The number of rotatable bonds is 3. The summed E-state index contributed by atoms with van der Waals surface area (Å²) in [5, 5.41) is 18.8. The molecule has 0 aromatic carbocycles. The lowest BCUT2D eigenvalue weighted by molar-refractivity contribution is -0.134. The smallest absolute Gasteiger partial charge is 0.169 e. The number of allylic oxidation sites excluding steroid dienone is 3. The maximum atomic E-state index is 12.0. The summed E-state index contributed by atoms with van der Waals surface area (Å²) in [7, 11) is 0. The minimum absolute atomic E-state index is 0.160. The summed E-state index contributed by atoms with van der Waals surface area (Å²) in [6, 6.07) is 0. The zero-order valence-electron chi connectivity index (χ0n) is 9.29. The van der Waals surface area contributed by atoms with Gasteiger partial charge in [0, 0.05) is 5.92 Å². The van der Waals surface area contributed by atoms with Gasteiger partial charge in [-0.25, -0.2) is 0 Å². The van der Waals surface area contributed by atoms with Crippen LogP contribution in [-0.2, 0) is 4.79 Å². The zero-order valence-corrected chi connectivity index (χ0v) is 9.29. The zero-order chi connectivity index (χ0) is 11.6.